The van der Waals surface area contributed by atoms with E-state index in [4.69, 9.17) is 20.9 Å². The molecule has 0 spiro atoms. The third-order valence-corrected chi connectivity index (χ3v) is 5.32. The smallest absolute Gasteiger partial charge is 0.422 e. The Bertz CT molecular complexity index is 610. The van der Waals surface area contributed by atoms with Gasteiger partial charge in [-0.25, -0.2) is 0 Å². The van der Waals surface area contributed by atoms with Crippen LogP contribution in [0.25, 0.3) is 0 Å². The molecule has 0 bridgehead atoms. The first-order valence-corrected chi connectivity index (χ1v) is 9.04. The second-order valence-electron chi connectivity index (χ2n) is 7.04. The zero-order valence-electron chi connectivity index (χ0n) is 14.7. The number of hydrogen-bond donors (Lipinski definition) is 2. The summed E-state index contributed by atoms with van der Waals surface area (Å²) in [4.78, 5) is 2.46. The Hall–Kier alpha value is -1.67. The molecule has 4 N–H and O–H groups in total. The minimum atomic E-state index is -4.39. The van der Waals surface area contributed by atoms with Gasteiger partial charge in [-0.1, -0.05) is 0 Å². The molecule has 0 amide bonds. The SMILES string of the molecule is Nc1ccc(OCC(F)(F)F)c(C2CCN(C3CCOCC3)CC2)c1N. The third-order valence-electron chi connectivity index (χ3n) is 5.32. The Morgan fingerprint density at radius 1 is 1.08 bits per heavy atom. The van der Waals surface area contributed by atoms with Crippen molar-refractivity contribution in [3.8, 4) is 5.75 Å². The maximum atomic E-state index is 12.6. The summed E-state index contributed by atoms with van der Waals surface area (Å²) in [6.07, 6.45) is -0.670. The van der Waals surface area contributed by atoms with Gasteiger partial charge in [-0.05, 0) is 56.8 Å². The summed E-state index contributed by atoms with van der Waals surface area (Å²) in [5.74, 6) is 0.247. The highest BCUT2D eigenvalue weighted by atomic mass is 19.4. The number of nitrogen functional groups attached to an aromatic ring is 2. The largest absolute Gasteiger partial charge is 0.484 e. The van der Waals surface area contributed by atoms with Crippen LogP contribution >= 0.6 is 0 Å². The highest BCUT2D eigenvalue weighted by molar-refractivity contribution is 5.72. The molecule has 1 aromatic rings. The van der Waals surface area contributed by atoms with Gasteiger partial charge in [0.1, 0.15) is 5.75 Å². The van der Waals surface area contributed by atoms with E-state index in [-0.39, 0.29) is 11.7 Å². The van der Waals surface area contributed by atoms with E-state index in [0.717, 1.165) is 52.0 Å². The van der Waals surface area contributed by atoms with E-state index in [9.17, 15) is 13.2 Å². The highest BCUT2D eigenvalue weighted by Gasteiger charge is 2.32. The summed E-state index contributed by atoms with van der Waals surface area (Å²) in [5.41, 5.74) is 13.4. The van der Waals surface area contributed by atoms with Gasteiger partial charge in [0.2, 0.25) is 0 Å². The number of ether oxygens (including phenoxy) is 2. The predicted molar refractivity (Wildman–Crippen MR) is 94.2 cm³/mol. The molecule has 2 aliphatic rings. The van der Waals surface area contributed by atoms with Crippen molar-refractivity contribution >= 4 is 11.4 Å². The van der Waals surface area contributed by atoms with E-state index >= 15 is 0 Å². The topological polar surface area (TPSA) is 73.7 Å². The van der Waals surface area contributed by atoms with Crippen molar-refractivity contribution in [1.82, 2.24) is 4.90 Å². The summed E-state index contributed by atoms with van der Waals surface area (Å²) in [5, 5.41) is 0. The number of hydrogen-bond acceptors (Lipinski definition) is 5. The number of alkyl halides is 3. The standard InChI is InChI=1S/C18H26F3N3O2/c19-18(20,21)11-26-15-2-1-14(22)17(23)16(15)12-3-7-24(8-4-12)13-5-9-25-10-6-13/h1-2,12-13H,3-11,22-23H2. The van der Waals surface area contributed by atoms with Gasteiger partial charge >= 0.3 is 6.18 Å². The maximum Gasteiger partial charge on any atom is 0.422 e. The number of rotatable bonds is 4. The molecule has 0 saturated carbocycles. The lowest BCUT2D eigenvalue weighted by Crippen LogP contribution is -2.43. The number of piperidine rings is 1. The van der Waals surface area contributed by atoms with Crippen LogP contribution in [0.2, 0.25) is 0 Å². The summed E-state index contributed by atoms with van der Waals surface area (Å²) < 4.78 is 48.1. The molecule has 2 aliphatic heterocycles. The van der Waals surface area contributed by atoms with E-state index in [0.29, 0.717) is 23.0 Å². The zero-order valence-corrected chi connectivity index (χ0v) is 14.7. The number of nitrogens with zero attached hydrogens (tertiary/aromatic N) is 1. The molecule has 146 valence electrons. The molecule has 0 aromatic heterocycles. The first-order chi connectivity index (χ1) is 12.3. The monoisotopic (exact) mass is 373 g/mol. The van der Waals surface area contributed by atoms with Crippen LogP contribution in [0.3, 0.4) is 0 Å². The van der Waals surface area contributed by atoms with Crippen LogP contribution in [0.1, 0.15) is 37.2 Å². The number of likely N-dealkylation sites (tertiary alicyclic amines) is 1. The van der Waals surface area contributed by atoms with Crippen molar-refractivity contribution in [2.45, 2.75) is 43.8 Å². The third kappa shape index (κ3) is 4.54. The molecular formula is C18H26F3N3O2. The fraction of sp³-hybridized carbons (Fsp3) is 0.667. The van der Waals surface area contributed by atoms with E-state index in [1.165, 1.54) is 12.1 Å². The molecule has 26 heavy (non-hydrogen) atoms. The lowest BCUT2D eigenvalue weighted by atomic mass is 9.86. The first kappa shape index (κ1) is 19.1. The second-order valence-corrected chi connectivity index (χ2v) is 7.04. The van der Waals surface area contributed by atoms with E-state index in [1.807, 2.05) is 0 Å². The summed E-state index contributed by atoms with van der Waals surface area (Å²) in [7, 11) is 0. The van der Waals surface area contributed by atoms with Gasteiger partial charge in [0.05, 0.1) is 11.4 Å². The van der Waals surface area contributed by atoms with Crippen molar-refractivity contribution < 1.29 is 22.6 Å². The predicted octanol–water partition coefficient (Wildman–Crippen LogP) is 3.15. The Morgan fingerprint density at radius 2 is 1.73 bits per heavy atom. The minimum absolute atomic E-state index is 0.0535. The van der Waals surface area contributed by atoms with Gasteiger partial charge in [-0.15, -0.1) is 0 Å². The molecule has 0 atom stereocenters. The Labute approximate surface area is 151 Å². The summed E-state index contributed by atoms with van der Waals surface area (Å²) in [6.45, 7) is 2.04. The van der Waals surface area contributed by atoms with Crippen LogP contribution in [0.4, 0.5) is 24.5 Å². The first-order valence-electron chi connectivity index (χ1n) is 9.04. The molecular weight excluding hydrogens is 347 g/mol. The molecule has 0 aliphatic carbocycles. The van der Waals surface area contributed by atoms with Crippen LogP contribution in [-0.2, 0) is 4.74 Å². The molecule has 0 radical (unpaired) electrons. The van der Waals surface area contributed by atoms with Gasteiger partial charge in [0.25, 0.3) is 0 Å². The van der Waals surface area contributed by atoms with Crippen molar-refractivity contribution in [2.75, 3.05) is 44.4 Å². The lowest BCUT2D eigenvalue weighted by Gasteiger charge is -2.39. The number of nitrogens with two attached hydrogens (primary N) is 2. The number of halogens is 3. The molecule has 2 saturated heterocycles. The zero-order chi connectivity index (χ0) is 18.7. The molecule has 2 fully saturated rings. The fourth-order valence-electron chi connectivity index (χ4n) is 3.94. The Kier molecular flexibility index (Phi) is 5.82. The van der Waals surface area contributed by atoms with Crippen molar-refractivity contribution in [3.05, 3.63) is 17.7 Å². The molecule has 2 heterocycles. The van der Waals surface area contributed by atoms with Crippen LogP contribution in [0.5, 0.6) is 5.75 Å². The molecule has 5 nitrogen and oxygen atoms in total. The number of benzene rings is 1. The van der Waals surface area contributed by atoms with Gasteiger partial charge in [0, 0.05) is 24.8 Å². The van der Waals surface area contributed by atoms with E-state index in [1.54, 1.807) is 0 Å². The summed E-state index contributed by atoms with van der Waals surface area (Å²) >= 11 is 0. The second kappa shape index (κ2) is 7.92. The number of anilines is 2. The fourth-order valence-corrected chi connectivity index (χ4v) is 3.94. The normalized spacial score (nSPS) is 21.0. The van der Waals surface area contributed by atoms with Crippen molar-refractivity contribution in [2.24, 2.45) is 0 Å². The average Bonchev–Trinajstić information content (AvgIpc) is 2.63. The summed E-state index contributed by atoms with van der Waals surface area (Å²) in [6, 6.07) is 3.53. The van der Waals surface area contributed by atoms with Gasteiger partial charge in [-0.2, -0.15) is 13.2 Å². The Balaban J connectivity index is 1.71. The van der Waals surface area contributed by atoms with Crippen molar-refractivity contribution in [3.63, 3.8) is 0 Å². The molecule has 3 rings (SSSR count). The Morgan fingerprint density at radius 3 is 2.35 bits per heavy atom. The average molecular weight is 373 g/mol. The van der Waals surface area contributed by atoms with E-state index in [2.05, 4.69) is 4.90 Å². The lowest BCUT2D eigenvalue weighted by molar-refractivity contribution is -0.153. The van der Waals surface area contributed by atoms with Gasteiger partial charge in [-0.3, -0.25) is 0 Å². The van der Waals surface area contributed by atoms with Crippen LogP contribution in [0.15, 0.2) is 12.1 Å². The molecule has 8 heteroatoms. The maximum absolute atomic E-state index is 12.6. The molecule has 0 unspecified atom stereocenters. The highest BCUT2D eigenvalue weighted by Crippen LogP contribution is 2.41. The van der Waals surface area contributed by atoms with Gasteiger partial charge < -0.3 is 25.8 Å². The van der Waals surface area contributed by atoms with Crippen LogP contribution in [0, 0.1) is 0 Å². The van der Waals surface area contributed by atoms with Crippen molar-refractivity contribution in [1.29, 1.82) is 0 Å². The van der Waals surface area contributed by atoms with Crippen LogP contribution in [-0.4, -0.2) is 50.0 Å². The minimum Gasteiger partial charge on any atom is -0.484 e. The van der Waals surface area contributed by atoms with Crippen LogP contribution < -0.4 is 16.2 Å². The quantitative estimate of drug-likeness (QED) is 0.793. The molecule has 1 aromatic carbocycles. The van der Waals surface area contributed by atoms with E-state index < -0.39 is 12.8 Å². The van der Waals surface area contributed by atoms with Gasteiger partial charge in [0.15, 0.2) is 6.61 Å².